The van der Waals surface area contributed by atoms with Crippen molar-refractivity contribution >= 4 is 11.3 Å². The molecule has 2 heterocycles. The van der Waals surface area contributed by atoms with Crippen LogP contribution in [0.2, 0.25) is 0 Å². The molecule has 0 amide bonds. The summed E-state index contributed by atoms with van der Waals surface area (Å²) in [5.41, 5.74) is 7.74. The fourth-order valence-corrected chi connectivity index (χ4v) is 1.84. The molecule has 2 aromatic rings. The van der Waals surface area contributed by atoms with E-state index in [1.165, 1.54) is 11.3 Å². The lowest BCUT2D eigenvalue weighted by molar-refractivity contribution is 0.312. The molecule has 2 aromatic heterocycles. The van der Waals surface area contributed by atoms with Gasteiger partial charge in [-0.15, -0.1) is 11.3 Å². The summed E-state index contributed by atoms with van der Waals surface area (Å²) in [4.78, 5) is 9.15. The van der Waals surface area contributed by atoms with E-state index >= 15 is 0 Å². The summed E-state index contributed by atoms with van der Waals surface area (Å²) < 4.78 is 5.17. The predicted molar refractivity (Wildman–Crippen MR) is 61.8 cm³/mol. The van der Waals surface area contributed by atoms with Crippen molar-refractivity contribution in [2.24, 2.45) is 11.7 Å². The number of hydrogen-bond acceptors (Lipinski definition) is 6. The Bertz CT molecular complexity index is 439. The number of thiazole rings is 1. The van der Waals surface area contributed by atoms with E-state index in [9.17, 15) is 0 Å². The van der Waals surface area contributed by atoms with E-state index in [2.05, 4.69) is 29.0 Å². The Labute approximate surface area is 97.7 Å². The first-order valence-corrected chi connectivity index (χ1v) is 6.08. The highest BCUT2D eigenvalue weighted by Gasteiger charge is 2.20. The van der Waals surface area contributed by atoms with Crippen LogP contribution < -0.4 is 5.73 Å². The minimum atomic E-state index is -0.195. The molecule has 0 radical (unpaired) electrons. The SMILES string of the molecule is CCC(C)[C@H](N)c1nc(-c2cncs2)no1. The average Bonchev–Trinajstić information content (AvgIpc) is 2.96. The maximum Gasteiger partial charge on any atom is 0.244 e. The van der Waals surface area contributed by atoms with Gasteiger partial charge in [0.2, 0.25) is 11.7 Å². The lowest BCUT2D eigenvalue weighted by Gasteiger charge is -2.12. The fourth-order valence-electron chi connectivity index (χ4n) is 1.29. The molecular formula is C10H14N4OS. The largest absolute Gasteiger partial charge is 0.337 e. The number of nitrogens with zero attached hydrogens (tertiary/aromatic N) is 3. The van der Waals surface area contributed by atoms with E-state index in [4.69, 9.17) is 10.3 Å². The van der Waals surface area contributed by atoms with E-state index in [0.29, 0.717) is 17.6 Å². The van der Waals surface area contributed by atoms with Gasteiger partial charge in [-0.25, -0.2) is 0 Å². The van der Waals surface area contributed by atoms with Crippen LogP contribution in [0.1, 0.15) is 32.2 Å². The summed E-state index contributed by atoms with van der Waals surface area (Å²) >= 11 is 1.48. The van der Waals surface area contributed by atoms with Crippen LogP contribution in [0.25, 0.3) is 10.7 Å². The highest BCUT2D eigenvalue weighted by molar-refractivity contribution is 7.13. The zero-order valence-corrected chi connectivity index (χ0v) is 10.1. The Balaban J connectivity index is 2.20. The molecule has 0 spiro atoms. The van der Waals surface area contributed by atoms with Crippen molar-refractivity contribution in [2.75, 3.05) is 0 Å². The second-order valence-electron chi connectivity index (χ2n) is 3.73. The van der Waals surface area contributed by atoms with Crippen LogP contribution in [0.4, 0.5) is 0 Å². The first-order chi connectivity index (χ1) is 7.72. The molecule has 2 atom stereocenters. The maximum atomic E-state index is 6.01. The monoisotopic (exact) mass is 238 g/mol. The van der Waals surface area contributed by atoms with E-state index in [1.54, 1.807) is 11.7 Å². The normalized spacial score (nSPS) is 14.9. The van der Waals surface area contributed by atoms with Gasteiger partial charge in [-0.2, -0.15) is 4.98 Å². The number of rotatable bonds is 4. The van der Waals surface area contributed by atoms with Crippen LogP contribution in [-0.2, 0) is 0 Å². The lowest BCUT2D eigenvalue weighted by Crippen LogP contribution is -2.18. The molecule has 1 unspecified atom stereocenters. The van der Waals surface area contributed by atoms with Gasteiger partial charge >= 0.3 is 0 Å². The van der Waals surface area contributed by atoms with Crippen molar-refractivity contribution in [3.05, 3.63) is 17.6 Å². The summed E-state index contributed by atoms with van der Waals surface area (Å²) in [5.74, 6) is 1.39. The van der Waals surface area contributed by atoms with E-state index in [1.807, 2.05) is 0 Å². The molecule has 0 bridgehead atoms. The van der Waals surface area contributed by atoms with Gasteiger partial charge in [-0.3, -0.25) is 4.98 Å². The molecule has 0 aliphatic heterocycles. The number of aromatic nitrogens is 3. The Morgan fingerprint density at radius 2 is 2.38 bits per heavy atom. The van der Waals surface area contributed by atoms with E-state index in [0.717, 1.165) is 11.3 Å². The molecule has 2 rings (SSSR count). The minimum absolute atomic E-state index is 0.195. The highest BCUT2D eigenvalue weighted by Crippen LogP contribution is 2.24. The van der Waals surface area contributed by atoms with Gasteiger partial charge in [0.05, 0.1) is 16.4 Å². The van der Waals surface area contributed by atoms with Crippen LogP contribution in [0, 0.1) is 5.92 Å². The Morgan fingerprint density at radius 3 is 3.00 bits per heavy atom. The van der Waals surface area contributed by atoms with Gasteiger partial charge in [0, 0.05) is 6.20 Å². The predicted octanol–water partition coefficient (Wildman–Crippen LogP) is 2.24. The van der Waals surface area contributed by atoms with E-state index < -0.39 is 0 Å². The van der Waals surface area contributed by atoms with Gasteiger partial charge < -0.3 is 10.3 Å². The fraction of sp³-hybridized carbons (Fsp3) is 0.500. The summed E-state index contributed by atoms with van der Waals surface area (Å²) in [5, 5.41) is 3.90. The molecule has 0 aliphatic carbocycles. The Kier molecular flexibility index (Phi) is 3.31. The number of hydrogen-bond donors (Lipinski definition) is 1. The van der Waals surface area contributed by atoms with Crippen LogP contribution in [0.15, 0.2) is 16.2 Å². The Morgan fingerprint density at radius 1 is 1.56 bits per heavy atom. The molecule has 16 heavy (non-hydrogen) atoms. The van der Waals surface area contributed by atoms with Crippen LogP contribution in [0.5, 0.6) is 0 Å². The molecule has 5 nitrogen and oxygen atoms in total. The van der Waals surface area contributed by atoms with Gasteiger partial charge in [-0.1, -0.05) is 25.4 Å². The third-order valence-electron chi connectivity index (χ3n) is 2.64. The second kappa shape index (κ2) is 4.71. The molecule has 2 N–H and O–H groups in total. The quantitative estimate of drug-likeness (QED) is 0.883. The van der Waals surface area contributed by atoms with Crippen molar-refractivity contribution in [3.63, 3.8) is 0 Å². The van der Waals surface area contributed by atoms with Gasteiger partial charge in [0.15, 0.2) is 0 Å². The molecular weight excluding hydrogens is 224 g/mol. The van der Waals surface area contributed by atoms with Gasteiger partial charge in [-0.05, 0) is 5.92 Å². The summed E-state index contributed by atoms with van der Waals surface area (Å²) in [7, 11) is 0. The maximum absolute atomic E-state index is 6.01. The molecule has 0 saturated carbocycles. The zero-order chi connectivity index (χ0) is 11.5. The second-order valence-corrected chi connectivity index (χ2v) is 4.62. The number of nitrogens with two attached hydrogens (primary N) is 1. The third-order valence-corrected chi connectivity index (χ3v) is 3.41. The summed E-state index contributed by atoms with van der Waals surface area (Å²) in [6, 6.07) is -0.195. The van der Waals surface area contributed by atoms with Crippen LogP contribution in [-0.4, -0.2) is 15.1 Å². The van der Waals surface area contributed by atoms with Crippen molar-refractivity contribution < 1.29 is 4.52 Å². The van der Waals surface area contributed by atoms with Gasteiger partial charge in [0.1, 0.15) is 0 Å². The highest BCUT2D eigenvalue weighted by atomic mass is 32.1. The van der Waals surface area contributed by atoms with Gasteiger partial charge in [0.25, 0.3) is 0 Å². The zero-order valence-electron chi connectivity index (χ0n) is 9.25. The summed E-state index contributed by atoms with van der Waals surface area (Å²) in [6.07, 6.45) is 2.70. The van der Waals surface area contributed by atoms with Crippen LogP contribution >= 0.6 is 11.3 Å². The van der Waals surface area contributed by atoms with Crippen molar-refractivity contribution in [2.45, 2.75) is 26.3 Å². The van der Waals surface area contributed by atoms with Crippen molar-refractivity contribution in [1.29, 1.82) is 0 Å². The first kappa shape index (κ1) is 11.2. The molecule has 0 aliphatic rings. The topological polar surface area (TPSA) is 77.8 Å². The standard InChI is InChI=1S/C10H14N4OS/c1-3-6(2)8(11)10-13-9(14-15-10)7-4-12-5-16-7/h4-6,8H,3,11H2,1-2H3/t6?,8-/m0/s1. The Hall–Kier alpha value is -1.27. The van der Waals surface area contributed by atoms with E-state index in [-0.39, 0.29) is 6.04 Å². The average molecular weight is 238 g/mol. The van der Waals surface area contributed by atoms with Crippen molar-refractivity contribution in [3.8, 4) is 10.7 Å². The first-order valence-electron chi connectivity index (χ1n) is 5.20. The molecule has 86 valence electrons. The molecule has 0 aromatic carbocycles. The molecule has 0 saturated heterocycles. The smallest absolute Gasteiger partial charge is 0.244 e. The van der Waals surface area contributed by atoms with Crippen molar-refractivity contribution in [1.82, 2.24) is 15.1 Å². The molecule has 6 heteroatoms. The minimum Gasteiger partial charge on any atom is -0.337 e. The molecule has 0 fully saturated rings. The van der Waals surface area contributed by atoms with Crippen LogP contribution in [0.3, 0.4) is 0 Å². The third kappa shape index (κ3) is 2.12. The lowest BCUT2D eigenvalue weighted by atomic mass is 10.0. The summed E-state index contributed by atoms with van der Waals surface area (Å²) in [6.45, 7) is 4.16.